The van der Waals surface area contributed by atoms with E-state index in [2.05, 4.69) is 9.05 Å². The molecule has 0 spiro atoms. The Kier molecular flexibility index (Phi) is 8.95. The number of aliphatic hydroxyl groups excluding tert-OH is 6. The van der Waals surface area contributed by atoms with E-state index in [9.17, 15) is 19.9 Å². The van der Waals surface area contributed by atoms with Crippen LogP contribution >= 0.6 is 7.82 Å². The summed E-state index contributed by atoms with van der Waals surface area (Å²) in [6.07, 6.45) is -8.27. The molecule has 0 heterocycles. The molecule has 0 saturated heterocycles. The van der Waals surface area contributed by atoms with Gasteiger partial charge in [-0.15, -0.1) is 0 Å². The molecule has 11 heteroatoms. The summed E-state index contributed by atoms with van der Waals surface area (Å²) in [4.78, 5) is 9.14. The van der Waals surface area contributed by atoms with Gasteiger partial charge >= 0.3 is 7.82 Å². The fourth-order valence-corrected chi connectivity index (χ4v) is 1.89. The molecule has 0 radical (unpaired) electrons. The molecule has 0 aromatic heterocycles. The molecule has 0 bridgehead atoms. The molecule has 0 aliphatic carbocycles. The minimum Gasteiger partial charge on any atom is -0.394 e. The van der Waals surface area contributed by atoms with Crippen molar-refractivity contribution < 1.29 is 49.1 Å². The molecule has 0 fully saturated rings. The standard InChI is InChI=1S/C9H21O10P/c1-5(11)3-18-20(16,17)19-4-7(13)9(15)8(14)6(12)2-10/h5-15H,2-4H2,1H3,(H,16,17). The summed E-state index contributed by atoms with van der Waals surface area (Å²) in [6, 6.07) is 0. The van der Waals surface area contributed by atoms with Gasteiger partial charge in [-0.2, -0.15) is 0 Å². The first kappa shape index (κ1) is 19.9. The van der Waals surface area contributed by atoms with Crippen LogP contribution < -0.4 is 0 Å². The third kappa shape index (κ3) is 7.60. The van der Waals surface area contributed by atoms with Crippen LogP contribution in [0.4, 0.5) is 0 Å². The molecule has 0 amide bonds. The Morgan fingerprint density at radius 2 is 1.40 bits per heavy atom. The summed E-state index contributed by atoms with van der Waals surface area (Å²) in [6.45, 7) is -0.880. The van der Waals surface area contributed by atoms with E-state index in [4.69, 9.17) is 20.2 Å². The van der Waals surface area contributed by atoms with Gasteiger partial charge in [-0.1, -0.05) is 0 Å². The first-order valence-electron chi connectivity index (χ1n) is 5.73. The summed E-state index contributed by atoms with van der Waals surface area (Å²) in [5.74, 6) is 0. The number of rotatable bonds is 10. The molecule has 0 aliphatic heterocycles. The van der Waals surface area contributed by atoms with Crippen LogP contribution in [0.3, 0.4) is 0 Å². The van der Waals surface area contributed by atoms with Gasteiger partial charge in [-0.25, -0.2) is 4.57 Å². The van der Waals surface area contributed by atoms with E-state index in [-0.39, 0.29) is 0 Å². The highest BCUT2D eigenvalue weighted by atomic mass is 31.2. The minimum absolute atomic E-state index is 0.474. The zero-order valence-electron chi connectivity index (χ0n) is 10.8. The maximum absolute atomic E-state index is 11.3. The quantitative estimate of drug-likeness (QED) is 0.204. The van der Waals surface area contributed by atoms with Crippen LogP contribution in [0.5, 0.6) is 0 Å². The second-order valence-corrected chi connectivity index (χ2v) is 5.66. The van der Waals surface area contributed by atoms with Gasteiger partial charge in [-0.3, -0.25) is 9.05 Å². The van der Waals surface area contributed by atoms with Gasteiger partial charge in [-0.05, 0) is 6.92 Å². The highest BCUT2D eigenvalue weighted by Gasteiger charge is 2.32. The zero-order chi connectivity index (χ0) is 15.9. The van der Waals surface area contributed by atoms with Crippen LogP contribution in [0.25, 0.3) is 0 Å². The largest absolute Gasteiger partial charge is 0.472 e. The van der Waals surface area contributed by atoms with Gasteiger partial charge in [0.25, 0.3) is 0 Å². The van der Waals surface area contributed by atoms with E-state index in [0.29, 0.717) is 0 Å². The summed E-state index contributed by atoms with van der Waals surface area (Å²) >= 11 is 0. The molecular weight excluding hydrogens is 299 g/mol. The Labute approximate surface area is 115 Å². The Balaban J connectivity index is 4.26. The van der Waals surface area contributed by atoms with Crippen LogP contribution in [-0.2, 0) is 13.6 Å². The normalized spacial score (nSPS) is 22.6. The fraction of sp³-hybridized carbons (Fsp3) is 1.00. The lowest BCUT2D eigenvalue weighted by Gasteiger charge is -2.25. The van der Waals surface area contributed by atoms with Gasteiger partial charge in [0.2, 0.25) is 0 Å². The number of aliphatic hydroxyl groups is 6. The topological polar surface area (TPSA) is 177 Å². The molecule has 10 nitrogen and oxygen atoms in total. The Morgan fingerprint density at radius 1 is 0.950 bits per heavy atom. The van der Waals surface area contributed by atoms with Crippen molar-refractivity contribution in [2.45, 2.75) is 37.4 Å². The van der Waals surface area contributed by atoms with Crippen molar-refractivity contribution in [2.75, 3.05) is 19.8 Å². The molecule has 6 atom stereocenters. The third-order valence-electron chi connectivity index (χ3n) is 2.21. The van der Waals surface area contributed by atoms with Gasteiger partial charge < -0.3 is 35.5 Å². The summed E-state index contributed by atoms with van der Waals surface area (Å²) in [7, 11) is -4.53. The molecule has 0 aliphatic rings. The van der Waals surface area contributed by atoms with E-state index in [0.717, 1.165) is 0 Å². The van der Waals surface area contributed by atoms with E-state index in [1.165, 1.54) is 6.92 Å². The second-order valence-electron chi connectivity index (χ2n) is 4.21. The summed E-state index contributed by atoms with van der Waals surface area (Å²) in [5.41, 5.74) is 0. The average molecular weight is 320 g/mol. The van der Waals surface area contributed by atoms with E-state index < -0.39 is 58.2 Å². The lowest BCUT2D eigenvalue weighted by atomic mass is 10.0. The van der Waals surface area contributed by atoms with Crippen molar-refractivity contribution in [2.24, 2.45) is 0 Å². The van der Waals surface area contributed by atoms with Crippen LogP contribution in [0.1, 0.15) is 6.92 Å². The minimum atomic E-state index is -4.53. The molecule has 0 aromatic rings. The second kappa shape index (κ2) is 9.00. The maximum Gasteiger partial charge on any atom is 0.472 e. The molecule has 0 aromatic carbocycles. The Morgan fingerprint density at radius 3 is 1.85 bits per heavy atom. The van der Waals surface area contributed by atoms with Gasteiger partial charge in [0.15, 0.2) is 0 Å². The smallest absolute Gasteiger partial charge is 0.394 e. The number of hydrogen-bond donors (Lipinski definition) is 7. The van der Waals surface area contributed by atoms with Gasteiger partial charge in [0.05, 0.1) is 25.9 Å². The zero-order valence-corrected chi connectivity index (χ0v) is 11.7. The van der Waals surface area contributed by atoms with Crippen LogP contribution in [-0.4, -0.2) is 85.9 Å². The molecule has 20 heavy (non-hydrogen) atoms. The van der Waals surface area contributed by atoms with Crippen molar-refractivity contribution in [3.8, 4) is 0 Å². The first-order valence-corrected chi connectivity index (χ1v) is 7.23. The Hall–Kier alpha value is -0.130. The maximum atomic E-state index is 11.3. The number of phosphoric ester groups is 1. The number of phosphoric acid groups is 1. The summed E-state index contributed by atoms with van der Waals surface area (Å²) < 4.78 is 19.9. The Bertz CT molecular complexity index is 311. The van der Waals surface area contributed by atoms with Crippen molar-refractivity contribution in [3.63, 3.8) is 0 Å². The fourth-order valence-electron chi connectivity index (χ4n) is 1.07. The van der Waals surface area contributed by atoms with Crippen LogP contribution in [0.2, 0.25) is 0 Å². The highest BCUT2D eigenvalue weighted by Crippen LogP contribution is 2.43. The van der Waals surface area contributed by atoms with Crippen molar-refractivity contribution in [1.29, 1.82) is 0 Å². The summed E-state index contributed by atoms with van der Waals surface area (Å²) in [5, 5.41) is 54.6. The average Bonchev–Trinajstić information content (AvgIpc) is 2.40. The van der Waals surface area contributed by atoms with Crippen molar-refractivity contribution in [3.05, 3.63) is 0 Å². The molecule has 7 N–H and O–H groups in total. The first-order chi connectivity index (χ1) is 9.10. The molecule has 0 rings (SSSR count). The lowest BCUT2D eigenvalue weighted by molar-refractivity contribution is -0.123. The van der Waals surface area contributed by atoms with E-state index in [1.807, 2.05) is 0 Å². The van der Waals surface area contributed by atoms with Crippen LogP contribution in [0, 0.1) is 0 Å². The van der Waals surface area contributed by atoms with Gasteiger partial charge in [0, 0.05) is 0 Å². The SMILES string of the molecule is CC(O)COP(=O)(O)OCC(O)C(O)C(O)C(O)CO. The third-order valence-corrected chi connectivity index (χ3v) is 3.16. The number of hydrogen-bond acceptors (Lipinski definition) is 9. The molecular formula is C9H21O10P. The predicted molar refractivity (Wildman–Crippen MR) is 64.5 cm³/mol. The predicted octanol–water partition coefficient (Wildman–Crippen LogP) is -3.06. The molecule has 122 valence electrons. The molecule has 0 saturated carbocycles. The van der Waals surface area contributed by atoms with E-state index >= 15 is 0 Å². The van der Waals surface area contributed by atoms with Crippen molar-refractivity contribution in [1.82, 2.24) is 0 Å². The monoisotopic (exact) mass is 320 g/mol. The lowest BCUT2D eigenvalue weighted by Crippen LogP contribution is -2.47. The molecule has 6 unspecified atom stereocenters. The van der Waals surface area contributed by atoms with Gasteiger partial charge in [0.1, 0.15) is 24.4 Å². The van der Waals surface area contributed by atoms with Crippen molar-refractivity contribution >= 4 is 7.82 Å². The van der Waals surface area contributed by atoms with Crippen LogP contribution in [0.15, 0.2) is 0 Å². The highest BCUT2D eigenvalue weighted by molar-refractivity contribution is 7.47. The van der Waals surface area contributed by atoms with E-state index in [1.54, 1.807) is 0 Å².